The molecule has 1 atom stereocenters. The average molecular weight is 310 g/mol. The van der Waals surface area contributed by atoms with Crippen LogP contribution in [0.25, 0.3) is 0 Å². The SMILES string of the molecule is COc1cccc(CN2C(=O)N(c3ccccc3)C(=O)[C@@H]2C)c1. The van der Waals surface area contributed by atoms with E-state index >= 15 is 0 Å². The second-order valence-corrected chi connectivity index (χ2v) is 5.45. The highest BCUT2D eigenvalue weighted by Crippen LogP contribution is 2.26. The lowest BCUT2D eigenvalue weighted by molar-refractivity contribution is -0.119. The molecule has 0 N–H and O–H groups in total. The van der Waals surface area contributed by atoms with Gasteiger partial charge in [0.25, 0.3) is 5.91 Å². The summed E-state index contributed by atoms with van der Waals surface area (Å²) in [4.78, 5) is 28.0. The lowest BCUT2D eigenvalue weighted by atomic mass is 10.2. The summed E-state index contributed by atoms with van der Waals surface area (Å²) in [6.45, 7) is 2.12. The zero-order valence-electron chi connectivity index (χ0n) is 13.1. The molecule has 1 heterocycles. The monoisotopic (exact) mass is 310 g/mol. The Labute approximate surface area is 135 Å². The van der Waals surface area contributed by atoms with E-state index in [1.165, 1.54) is 4.90 Å². The van der Waals surface area contributed by atoms with E-state index in [0.29, 0.717) is 12.2 Å². The van der Waals surface area contributed by atoms with Crippen LogP contribution in [0.3, 0.4) is 0 Å². The van der Waals surface area contributed by atoms with E-state index in [1.807, 2.05) is 42.5 Å². The average Bonchev–Trinajstić information content (AvgIpc) is 2.79. The number of hydrogen-bond donors (Lipinski definition) is 0. The number of carbonyl (C=O) groups is 2. The molecule has 3 rings (SSSR count). The van der Waals surface area contributed by atoms with E-state index in [4.69, 9.17) is 4.74 Å². The van der Waals surface area contributed by atoms with Gasteiger partial charge in [-0.1, -0.05) is 30.3 Å². The number of carbonyl (C=O) groups excluding carboxylic acids is 2. The molecule has 1 aliphatic heterocycles. The third kappa shape index (κ3) is 2.77. The third-order valence-corrected chi connectivity index (χ3v) is 3.98. The molecule has 0 saturated carbocycles. The molecule has 118 valence electrons. The summed E-state index contributed by atoms with van der Waals surface area (Å²) in [6, 6.07) is 15.7. The molecule has 0 bridgehead atoms. The van der Waals surface area contributed by atoms with Gasteiger partial charge < -0.3 is 9.64 Å². The van der Waals surface area contributed by atoms with E-state index in [-0.39, 0.29) is 11.9 Å². The number of urea groups is 1. The molecule has 2 aromatic carbocycles. The molecule has 0 aromatic heterocycles. The van der Waals surface area contributed by atoms with Gasteiger partial charge in [-0.2, -0.15) is 0 Å². The van der Waals surface area contributed by atoms with Crippen molar-refractivity contribution in [2.75, 3.05) is 12.0 Å². The fourth-order valence-electron chi connectivity index (χ4n) is 2.70. The second kappa shape index (κ2) is 6.12. The topological polar surface area (TPSA) is 49.9 Å². The van der Waals surface area contributed by atoms with Crippen molar-refractivity contribution in [3.63, 3.8) is 0 Å². The highest BCUT2D eigenvalue weighted by Gasteiger charge is 2.43. The van der Waals surface area contributed by atoms with Crippen LogP contribution in [0.1, 0.15) is 12.5 Å². The number of rotatable bonds is 4. The van der Waals surface area contributed by atoms with E-state index in [2.05, 4.69) is 0 Å². The van der Waals surface area contributed by atoms with Crippen LogP contribution in [0.2, 0.25) is 0 Å². The molecule has 5 heteroatoms. The van der Waals surface area contributed by atoms with Crippen LogP contribution in [0.4, 0.5) is 10.5 Å². The first kappa shape index (κ1) is 15.1. The number of ether oxygens (including phenoxy) is 1. The number of imide groups is 1. The number of hydrogen-bond acceptors (Lipinski definition) is 3. The van der Waals surface area contributed by atoms with E-state index in [9.17, 15) is 9.59 Å². The van der Waals surface area contributed by atoms with Gasteiger partial charge in [0.1, 0.15) is 11.8 Å². The smallest absolute Gasteiger partial charge is 0.332 e. The van der Waals surface area contributed by atoms with Crippen molar-refractivity contribution >= 4 is 17.6 Å². The van der Waals surface area contributed by atoms with Gasteiger partial charge >= 0.3 is 6.03 Å². The molecule has 0 unspecified atom stereocenters. The van der Waals surface area contributed by atoms with E-state index in [0.717, 1.165) is 11.3 Å². The highest BCUT2D eigenvalue weighted by molar-refractivity contribution is 6.21. The summed E-state index contributed by atoms with van der Waals surface area (Å²) in [5.74, 6) is 0.525. The zero-order chi connectivity index (χ0) is 16.4. The van der Waals surface area contributed by atoms with Crippen LogP contribution < -0.4 is 9.64 Å². The Bertz CT molecular complexity index is 730. The summed E-state index contributed by atoms with van der Waals surface area (Å²) in [6.07, 6.45) is 0. The first-order chi connectivity index (χ1) is 11.1. The minimum absolute atomic E-state index is 0.205. The van der Waals surface area contributed by atoms with Gasteiger partial charge in [-0.05, 0) is 36.8 Å². The van der Waals surface area contributed by atoms with E-state index < -0.39 is 6.04 Å². The summed E-state index contributed by atoms with van der Waals surface area (Å²) in [5, 5.41) is 0. The van der Waals surface area contributed by atoms with Gasteiger partial charge in [0.2, 0.25) is 0 Å². The maximum absolute atomic E-state index is 12.7. The fraction of sp³-hybridized carbons (Fsp3) is 0.222. The Morgan fingerprint density at radius 3 is 2.48 bits per heavy atom. The minimum atomic E-state index is -0.492. The molecule has 5 nitrogen and oxygen atoms in total. The van der Waals surface area contributed by atoms with Crippen LogP contribution in [0.15, 0.2) is 54.6 Å². The Kier molecular flexibility index (Phi) is 4.02. The Balaban J connectivity index is 1.86. The number of para-hydroxylation sites is 1. The normalized spacial score (nSPS) is 17.7. The third-order valence-electron chi connectivity index (χ3n) is 3.98. The van der Waals surface area contributed by atoms with Crippen molar-refractivity contribution in [3.05, 3.63) is 60.2 Å². The van der Waals surface area contributed by atoms with Gasteiger partial charge in [0.05, 0.1) is 12.8 Å². The molecule has 0 radical (unpaired) electrons. The van der Waals surface area contributed by atoms with Gasteiger partial charge in [0, 0.05) is 6.54 Å². The molecule has 1 fully saturated rings. The molecule has 0 aliphatic carbocycles. The van der Waals surface area contributed by atoms with Crippen LogP contribution in [0.5, 0.6) is 5.75 Å². The van der Waals surface area contributed by atoms with Gasteiger partial charge in [0.15, 0.2) is 0 Å². The lowest BCUT2D eigenvalue weighted by Gasteiger charge is -2.19. The largest absolute Gasteiger partial charge is 0.497 e. The van der Waals surface area contributed by atoms with Crippen molar-refractivity contribution < 1.29 is 14.3 Å². The van der Waals surface area contributed by atoms with Gasteiger partial charge in [-0.15, -0.1) is 0 Å². The van der Waals surface area contributed by atoms with Gasteiger partial charge in [-0.25, -0.2) is 9.69 Å². The lowest BCUT2D eigenvalue weighted by Crippen LogP contribution is -2.33. The van der Waals surface area contributed by atoms with Gasteiger partial charge in [-0.3, -0.25) is 4.79 Å². The Morgan fingerprint density at radius 2 is 1.78 bits per heavy atom. The maximum Gasteiger partial charge on any atom is 0.332 e. The standard InChI is InChI=1S/C18H18N2O3/c1-13-17(21)20(15-8-4-3-5-9-15)18(22)19(13)12-14-7-6-10-16(11-14)23-2/h3-11,13H,12H2,1-2H3/t13-/m0/s1. The number of benzene rings is 2. The molecular weight excluding hydrogens is 292 g/mol. The van der Waals surface area contributed by atoms with Crippen molar-refractivity contribution in [3.8, 4) is 5.75 Å². The van der Waals surface area contributed by atoms with Crippen LogP contribution in [-0.2, 0) is 11.3 Å². The number of nitrogens with zero attached hydrogens (tertiary/aromatic N) is 2. The molecule has 1 saturated heterocycles. The van der Waals surface area contributed by atoms with Crippen molar-refractivity contribution in [2.45, 2.75) is 19.5 Å². The van der Waals surface area contributed by atoms with E-state index in [1.54, 1.807) is 31.1 Å². The minimum Gasteiger partial charge on any atom is -0.497 e. The molecular formula is C18H18N2O3. The van der Waals surface area contributed by atoms with Crippen molar-refractivity contribution in [1.82, 2.24) is 4.90 Å². The maximum atomic E-state index is 12.7. The molecule has 1 aliphatic rings. The highest BCUT2D eigenvalue weighted by atomic mass is 16.5. The number of methoxy groups -OCH3 is 1. The molecule has 2 aromatic rings. The van der Waals surface area contributed by atoms with Crippen molar-refractivity contribution in [2.24, 2.45) is 0 Å². The fourth-order valence-corrected chi connectivity index (χ4v) is 2.70. The van der Waals surface area contributed by atoms with Crippen molar-refractivity contribution in [1.29, 1.82) is 0 Å². The Morgan fingerprint density at radius 1 is 1.04 bits per heavy atom. The second-order valence-electron chi connectivity index (χ2n) is 5.45. The van der Waals surface area contributed by atoms with Crippen LogP contribution in [0, 0.1) is 0 Å². The predicted octanol–water partition coefficient (Wildman–Crippen LogP) is 3.05. The van der Waals surface area contributed by atoms with Crippen LogP contribution in [-0.4, -0.2) is 30.0 Å². The first-order valence-corrected chi connectivity index (χ1v) is 7.44. The predicted molar refractivity (Wildman–Crippen MR) is 87.3 cm³/mol. The first-order valence-electron chi connectivity index (χ1n) is 7.44. The molecule has 3 amide bonds. The molecule has 23 heavy (non-hydrogen) atoms. The number of anilines is 1. The summed E-state index contributed by atoms with van der Waals surface area (Å²) < 4.78 is 5.20. The summed E-state index contributed by atoms with van der Waals surface area (Å²) in [7, 11) is 1.60. The van der Waals surface area contributed by atoms with Crippen LogP contribution >= 0.6 is 0 Å². The number of amides is 3. The summed E-state index contributed by atoms with van der Waals surface area (Å²) >= 11 is 0. The zero-order valence-corrected chi connectivity index (χ0v) is 13.1. The summed E-state index contributed by atoms with van der Waals surface area (Å²) in [5.41, 5.74) is 1.52. The quantitative estimate of drug-likeness (QED) is 0.816. The Hall–Kier alpha value is -2.82. The molecule has 0 spiro atoms.